The van der Waals surface area contributed by atoms with E-state index < -0.39 is 12.7 Å². The molecule has 114 valence electrons. The molecule has 0 aliphatic rings. The van der Waals surface area contributed by atoms with Gasteiger partial charge in [0.15, 0.2) is 0 Å². The third-order valence-electron chi connectivity index (χ3n) is 2.80. The van der Waals surface area contributed by atoms with Crippen LogP contribution in [0, 0.1) is 0 Å². The van der Waals surface area contributed by atoms with E-state index in [9.17, 15) is 13.2 Å². The van der Waals surface area contributed by atoms with Crippen LogP contribution in [0.25, 0.3) is 0 Å². The summed E-state index contributed by atoms with van der Waals surface area (Å²) in [5.74, 6) is 0. The quantitative estimate of drug-likeness (QED) is 0.870. The lowest BCUT2D eigenvalue weighted by atomic mass is 10.2. The average Bonchev–Trinajstić information content (AvgIpc) is 2.32. The topological polar surface area (TPSA) is 28.2 Å². The van der Waals surface area contributed by atoms with Gasteiger partial charge in [-0.25, -0.2) is 0 Å². The van der Waals surface area contributed by atoms with Crippen LogP contribution in [0.2, 0.25) is 0 Å². The molecule has 0 aliphatic carbocycles. The molecule has 0 fully saturated rings. The van der Waals surface area contributed by atoms with Gasteiger partial charge in [0.1, 0.15) is 6.54 Å². The van der Waals surface area contributed by atoms with E-state index >= 15 is 0 Å². The molecule has 0 aliphatic heterocycles. The molecule has 6 heteroatoms. The molecule has 1 heterocycles. The minimum Gasteiger partial charge on any atom is -0.360 e. The average molecular weight is 289 g/mol. The largest absolute Gasteiger partial charge is 0.405 e. The summed E-state index contributed by atoms with van der Waals surface area (Å²) in [4.78, 5) is 5.51. The van der Waals surface area contributed by atoms with Gasteiger partial charge in [-0.1, -0.05) is 13.8 Å². The summed E-state index contributed by atoms with van der Waals surface area (Å²) in [5, 5.41) is 3.20. The van der Waals surface area contributed by atoms with Crippen molar-refractivity contribution in [3.05, 3.63) is 24.0 Å². The van der Waals surface area contributed by atoms with Crippen molar-refractivity contribution in [2.24, 2.45) is 0 Å². The Bertz CT molecular complexity index is 416. The van der Waals surface area contributed by atoms with Crippen LogP contribution in [0.5, 0.6) is 0 Å². The Morgan fingerprint density at radius 2 is 1.90 bits per heavy atom. The molecule has 0 unspecified atom stereocenters. The fourth-order valence-electron chi connectivity index (χ4n) is 1.81. The third-order valence-corrected chi connectivity index (χ3v) is 2.80. The number of nitrogens with one attached hydrogen (secondary N) is 1. The molecule has 0 atom stereocenters. The highest BCUT2D eigenvalue weighted by Crippen LogP contribution is 2.24. The molecule has 0 saturated heterocycles. The summed E-state index contributed by atoms with van der Waals surface area (Å²) < 4.78 is 37.9. The van der Waals surface area contributed by atoms with Gasteiger partial charge in [0, 0.05) is 30.5 Å². The number of hydrogen-bond donors (Lipinski definition) is 1. The molecule has 0 aromatic carbocycles. The van der Waals surface area contributed by atoms with Gasteiger partial charge < -0.3 is 10.2 Å². The SMILES string of the molecule is CC(C)NCc1cc(N(CC(F)(F)F)C(C)C)ccn1. The van der Waals surface area contributed by atoms with Crippen LogP contribution >= 0.6 is 0 Å². The van der Waals surface area contributed by atoms with Crippen molar-refractivity contribution in [2.45, 2.75) is 52.5 Å². The maximum Gasteiger partial charge on any atom is 0.405 e. The standard InChI is InChI=1S/C14H22F3N3/c1-10(2)19-8-12-7-13(5-6-18-12)20(11(3)4)9-14(15,16)17/h5-7,10-11,19H,8-9H2,1-4H3. The summed E-state index contributed by atoms with van der Waals surface area (Å²) in [6, 6.07) is 3.40. The van der Waals surface area contributed by atoms with Crippen molar-refractivity contribution in [1.29, 1.82) is 0 Å². The highest BCUT2D eigenvalue weighted by molar-refractivity contribution is 5.47. The van der Waals surface area contributed by atoms with Crippen LogP contribution in [0.4, 0.5) is 18.9 Å². The van der Waals surface area contributed by atoms with Crippen molar-refractivity contribution in [2.75, 3.05) is 11.4 Å². The number of rotatable bonds is 6. The molecule has 20 heavy (non-hydrogen) atoms. The zero-order valence-electron chi connectivity index (χ0n) is 12.3. The molecule has 1 aromatic rings. The van der Waals surface area contributed by atoms with Crippen molar-refractivity contribution in [3.63, 3.8) is 0 Å². The van der Waals surface area contributed by atoms with E-state index in [1.807, 2.05) is 13.8 Å². The second kappa shape index (κ2) is 6.92. The van der Waals surface area contributed by atoms with Crippen LogP contribution in [0.3, 0.4) is 0 Å². The van der Waals surface area contributed by atoms with Crippen LogP contribution in [-0.2, 0) is 6.54 Å². The van der Waals surface area contributed by atoms with E-state index in [0.717, 1.165) is 5.69 Å². The summed E-state index contributed by atoms with van der Waals surface area (Å²) in [5.41, 5.74) is 1.29. The second-order valence-corrected chi connectivity index (χ2v) is 5.38. The van der Waals surface area contributed by atoms with E-state index in [-0.39, 0.29) is 6.04 Å². The molecule has 3 nitrogen and oxygen atoms in total. The van der Waals surface area contributed by atoms with Crippen LogP contribution in [0.15, 0.2) is 18.3 Å². The Labute approximate surface area is 118 Å². The van der Waals surface area contributed by atoms with E-state index in [1.165, 1.54) is 4.90 Å². The first kappa shape index (κ1) is 16.8. The smallest absolute Gasteiger partial charge is 0.360 e. The van der Waals surface area contributed by atoms with Crippen molar-refractivity contribution < 1.29 is 13.2 Å². The van der Waals surface area contributed by atoms with Gasteiger partial charge in [0.05, 0.1) is 5.69 Å². The molecule has 1 aromatic heterocycles. The summed E-state index contributed by atoms with van der Waals surface area (Å²) >= 11 is 0. The summed E-state index contributed by atoms with van der Waals surface area (Å²) in [6.07, 6.45) is -2.66. The number of halogens is 3. The highest BCUT2D eigenvalue weighted by atomic mass is 19.4. The lowest BCUT2D eigenvalue weighted by Crippen LogP contribution is -2.39. The first-order valence-electron chi connectivity index (χ1n) is 6.70. The third kappa shape index (κ3) is 5.77. The van der Waals surface area contributed by atoms with Crippen molar-refractivity contribution in [3.8, 4) is 0 Å². The number of hydrogen-bond acceptors (Lipinski definition) is 3. The minimum absolute atomic E-state index is 0.232. The normalized spacial score (nSPS) is 12.2. The number of anilines is 1. The Morgan fingerprint density at radius 1 is 1.25 bits per heavy atom. The van der Waals surface area contributed by atoms with Gasteiger partial charge in [-0.05, 0) is 26.0 Å². The van der Waals surface area contributed by atoms with E-state index in [0.29, 0.717) is 18.3 Å². The summed E-state index contributed by atoms with van der Waals surface area (Å²) in [6.45, 7) is 7.10. The lowest BCUT2D eigenvalue weighted by Gasteiger charge is -2.30. The molecule has 0 amide bonds. The van der Waals surface area contributed by atoms with Gasteiger partial charge >= 0.3 is 6.18 Å². The molecule has 0 radical (unpaired) electrons. The van der Waals surface area contributed by atoms with Gasteiger partial charge in [0.25, 0.3) is 0 Å². The number of aromatic nitrogens is 1. The molecule has 0 saturated carbocycles. The van der Waals surface area contributed by atoms with E-state index in [4.69, 9.17) is 0 Å². The lowest BCUT2D eigenvalue weighted by molar-refractivity contribution is -0.120. The Kier molecular flexibility index (Phi) is 5.80. The van der Waals surface area contributed by atoms with Gasteiger partial charge in [0.2, 0.25) is 0 Å². The van der Waals surface area contributed by atoms with E-state index in [1.54, 1.807) is 32.2 Å². The highest BCUT2D eigenvalue weighted by Gasteiger charge is 2.32. The monoisotopic (exact) mass is 289 g/mol. The predicted octanol–water partition coefficient (Wildman–Crippen LogP) is 3.36. The van der Waals surface area contributed by atoms with Gasteiger partial charge in [-0.15, -0.1) is 0 Å². The number of alkyl halides is 3. The molecule has 1 N–H and O–H groups in total. The minimum atomic E-state index is -4.22. The Balaban J connectivity index is 2.88. The van der Waals surface area contributed by atoms with Crippen LogP contribution < -0.4 is 10.2 Å². The molecule has 0 bridgehead atoms. The Morgan fingerprint density at radius 3 is 2.40 bits per heavy atom. The number of nitrogens with zero attached hydrogens (tertiary/aromatic N) is 2. The van der Waals surface area contributed by atoms with Crippen molar-refractivity contribution >= 4 is 5.69 Å². The molecule has 0 spiro atoms. The molecule has 1 rings (SSSR count). The van der Waals surface area contributed by atoms with Crippen molar-refractivity contribution in [1.82, 2.24) is 10.3 Å². The van der Waals surface area contributed by atoms with Gasteiger partial charge in [-0.3, -0.25) is 4.98 Å². The maximum atomic E-state index is 12.6. The molecular weight excluding hydrogens is 267 g/mol. The fraction of sp³-hybridized carbons (Fsp3) is 0.643. The predicted molar refractivity (Wildman–Crippen MR) is 74.7 cm³/mol. The number of pyridine rings is 1. The summed E-state index contributed by atoms with van der Waals surface area (Å²) in [7, 11) is 0. The zero-order valence-corrected chi connectivity index (χ0v) is 12.3. The Hall–Kier alpha value is -1.30. The fourth-order valence-corrected chi connectivity index (χ4v) is 1.81. The van der Waals surface area contributed by atoms with Gasteiger partial charge in [-0.2, -0.15) is 13.2 Å². The maximum absolute atomic E-state index is 12.6. The second-order valence-electron chi connectivity index (χ2n) is 5.38. The molecular formula is C14H22F3N3. The van der Waals surface area contributed by atoms with E-state index in [2.05, 4.69) is 10.3 Å². The van der Waals surface area contributed by atoms with Crippen LogP contribution in [0.1, 0.15) is 33.4 Å². The first-order valence-corrected chi connectivity index (χ1v) is 6.70. The zero-order chi connectivity index (χ0) is 15.3. The first-order chi connectivity index (χ1) is 9.19. The van der Waals surface area contributed by atoms with Crippen LogP contribution in [-0.4, -0.2) is 29.8 Å².